The predicted octanol–water partition coefficient (Wildman–Crippen LogP) is 2.34. The maximum absolute atomic E-state index is 10.7. The van der Waals surface area contributed by atoms with Crippen molar-refractivity contribution in [3.05, 3.63) is 0 Å². The summed E-state index contributed by atoms with van der Waals surface area (Å²) in [6, 6.07) is 0. The lowest BCUT2D eigenvalue weighted by Gasteiger charge is -2.60. The van der Waals surface area contributed by atoms with Crippen LogP contribution in [0.5, 0.6) is 0 Å². The van der Waals surface area contributed by atoms with E-state index in [1.54, 1.807) is 0 Å². The fraction of sp³-hybridized carbons (Fsp3) is 1.00. The van der Waals surface area contributed by atoms with Crippen LogP contribution in [0, 0.1) is 23.2 Å². The second-order valence-corrected chi connectivity index (χ2v) is 6.23. The number of hydrogen-bond acceptors (Lipinski definition) is 1. The molecule has 5 saturated carbocycles. The molecule has 5 aliphatic rings. The van der Waals surface area contributed by atoms with Gasteiger partial charge in [0.15, 0.2) is 0 Å². The van der Waals surface area contributed by atoms with E-state index in [1.165, 1.54) is 32.1 Å². The minimum atomic E-state index is -0.193. The van der Waals surface area contributed by atoms with E-state index in [-0.39, 0.29) is 5.60 Å². The Kier molecular flexibility index (Phi) is 1.03. The van der Waals surface area contributed by atoms with Gasteiger partial charge in [-0.2, -0.15) is 0 Å². The highest BCUT2D eigenvalue weighted by Crippen LogP contribution is 2.73. The molecule has 13 heavy (non-hydrogen) atoms. The van der Waals surface area contributed by atoms with E-state index < -0.39 is 0 Å². The van der Waals surface area contributed by atoms with Crippen LogP contribution in [0.2, 0.25) is 0 Å². The lowest BCUT2D eigenvalue weighted by molar-refractivity contribution is -0.185. The minimum Gasteiger partial charge on any atom is -0.389 e. The number of rotatable bonds is 0. The van der Waals surface area contributed by atoms with E-state index in [0.717, 1.165) is 30.6 Å². The molecule has 2 unspecified atom stereocenters. The molecule has 1 N–H and O–H groups in total. The van der Waals surface area contributed by atoms with E-state index in [0.29, 0.717) is 5.41 Å². The second-order valence-electron chi connectivity index (χ2n) is 6.23. The molecule has 1 nitrogen and oxygen atoms in total. The van der Waals surface area contributed by atoms with Crippen molar-refractivity contribution in [2.24, 2.45) is 23.2 Å². The molecular weight excluding hydrogens is 160 g/mol. The predicted molar refractivity (Wildman–Crippen MR) is 50.2 cm³/mol. The maximum Gasteiger partial charge on any atom is 0.0711 e. The zero-order valence-corrected chi connectivity index (χ0v) is 8.13. The van der Waals surface area contributed by atoms with Crippen molar-refractivity contribution < 1.29 is 5.11 Å². The van der Waals surface area contributed by atoms with Crippen LogP contribution in [0.3, 0.4) is 0 Å². The van der Waals surface area contributed by atoms with Crippen molar-refractivity contribution in [2.45, 2.75) is 50.5 Å². The summed E-state index contributed by atoms with van der Waals surface area (Å²) in [5.41, 5.74) is 0.252. The van der Waals surface area contributed by atoms with Gasteiger partial charge in [-0.05, 0) is 62.7 Å². The first-order valence-corrected chi connectivity index (χ1v) is 5.94. The average molecular weight is 178 g/mol. The third-order valence-electron chi connectivity index (χ3n) is 5.65. The molecule has 0 amide bonds. The lowest BCUT2D eigenvalue weighted by atomic mass is 9.48. The van der Waals surface area contributed by atoms with Gasteiger partial charge in [0.25, 0.3) is 0 Å². The standard InChI is InChI=1S/C12H18O/c13-12-6-8-3-9(7-12)5-10(4-8)11(12)1-2-11/h8-10,13H,1-7H2/t8-,9+,10?,12?. The van der Waals surface area contributed by atoms with Crippen molar-refractivity contribution in [3.8, 4) is 0 Å². The third-order valence-corrected chi connectivity index (χ3v) is 5.65. The molecule has 0 aromatic heterocycles. The molecule has 1 spiro atoms. The quantitative estimate of drug-likeness (QED) is 0.603. The van der Waals surface area contributed by atoms with Gasteiger partial charge in [-0.3, -0.25) is 0 Å². The normalized spacial score (nSPS) is 60.2. The van der Waals surface area contributed by atoms with Gasteiger partial charge >= 0.3 is 0 Å². The van der Waals surface area contributed by atoms with Gasteiger partial charge in [0.1, 0.15) is 0 Å². The van der Waals surface area contributed by atoms with Crippen molar-refractivity contribution >= 4 is 0 Å². The van der Waals surface area contributed by atoms with Gasteiger partial charge in [-0.1, -0.05) is 0 Å². The fourth-order valence-electron chi connectivity index (χ4n) is 5.18. The Bertz CT molecular complexity index is 252. The topological polar surface area (TPSA) is 20.2 Å². The summed E-state index contributed by atoms with van der Waals surface area (Å²) >= 11 is 0. The monoisotopic (exact) mass is 178 g/mol. The lowest BCUT2D eigenvalue weighted by Crippen LogP contribution is -2.58. The molecule has 0 heterocycles. The summed E-state index contributed by atoms with van der Waals surface area (Å²) < 4.78 is 0. The van der Waals surface area contributed by atoms with Crippen molar-refractivity contribution in [1.29, 1.82) is 0 Å². The first-order valence-electron chi connectivity index (χ1n) is 5.94. The van der Waals surface area contributed by atoms with E-state index in [2.05, 4.69) is 0 Å². The molecule has 0 radical (unpaired) electrons. The molecular formula is C12H18O. The van der Waals surface area contributed by atoms with Gasteiger partial charge in [-0.25, -0.2) is 0 Å². The zero-order chi connectivity index (χ0) is 8.68. The summed E-state index contributed by atoms with van der Waals surface area (Å²) in [5.74, 6) is 2.71. The van der Waals surface area contributed by atoms with Crippen LogP contribution < -0.4 is 0 Å². The van der Waals surface area contributed by atoms with Crippen LogP contribution in [-0.2, 0) is 0 Å². The van der Waals surface area contributed by atoms with E-state index in [9.17, 15) is 5.11 Å². The molecule has 1 heteroatoms. The Morgan fingerprint density at radius 1 is 0.923 bits per heavy atom. The molecule has 5 rings (SSSR count). The van der Waals surface area contributed by atoms with Crippen LogP contribution in [0.4, 0.5) is 0 Å². The summed E-state index contributed by atoms with van der Waals surface area (Å²) in [6.07, 6.45) is 9.34. The molecule has 0 aromatic rings. The first-order chi connectivity index (χ1) is 6.22. The van der Waals surface area contributed by atoms with Crippen LogP contribution in [0.25, 0.3) is 0 Å². The summed E-state index contributed by atoms with van der Waals surface area (Å²) in [5, 5.41) is 10.7. The Morgan fingerprint density at radius 3 is 2.00 bits per heavy atom. The van der Waals surface area contributed by atoms with Gasteiger partial charge in [-0.15, -0.1) is 0 Å². The SMILES string of the molecule is OC12C[C@@H]3CC(C[C@@H](C3)C1)C21CC1. The second kappa shape index (κ2) is 1.84. The minimum absolute atomic E-state index is 0.193. The smallest absolute Gasteiger partial charge is 0.0711 e. The Hall–Kier alpha value is -0.0400. The molecule has 5 aliphatic carbocycles. The Morgan fingerprint density at radius 2 is 1.54 bits per heavy atom. The van der Waals surface area contributed by atoms with Crippen molar-refractivity contribution in [3.63, 3.8) is 0 Å². The maximum atomic E-state index is 10.7. The highest BCUT2D eigenvalue weighted by atomic mass is 16.3. The molecule has 0 aromatic carbocycles. The highest BCUT2D eigenvalue weighted by molar-refractivity contribution is 5.20. The summed E-state index contributed by atoms with van der Waals surface area (Å²) in [4.78, 5) is 0. The van der Waals surface area contributed by atoms with Crippen molar-refractivity contribution in [2.75, 3.05) is 0 Å². The Balaban J connectivity index is 1.83. The third kappa shape index (κ3) is 0.674. The first kappa shape index (κ1) is 7.28. The van der Waals surface area contributed by atoms with Crippen LogP contribution in [0.15, 0.2) is 0 Å². The molecule has 72 valence electrons. The highest BCUT2D eigenvalue weighted by Gasteiger charge is 2.69. The van der Waals surface area contributed by atoms with Crippen LogP contribution in [-0.4, -0.2) is 10.7 Å². The number of aliphatic hydroxyl groups is 1. The largest absolute Gasteiger partial charge is 0.389 e. The Labute approximate surface area is 79.5 Å². The molecule has 4 bridgehead atoms. The van der Waals surface area contributed by atoms with Crippen molar-refractivity contribution in [1.82, 2.24) is 0 Å². The summed E-state index contributed by atoms with van der Waals surface area (Å²) in [6.45, 7) is 0. The van der Waals surface area contributed by atoms with E-state index in [4.69, 9.17) is 0 Å². The molecule has 4 atom stereocenters. The molecule has 0 aliphatic heterocycles. The molecule has 5 fully saturated rings. The van der Waals surface area contributed by atoms with Gasteiger partial charge in [0.2, 0.25) is 0 Å². The summed E-state index contributed by atoms with van der Waals surface area (Å²) in [7, 11) is 0. The number of hydrogen-bond donors (Lipinski definition) is 1. The molecule has 0 saturated heterocycles. The van der Waals surface area contributed by atoms with Gasteiger partial charge < -0.3 is 5.11 Å². The average Bonchev–Trinajstić information content (AvgIpc) is 2.78. The van der Waals surface area contributed by atoms with E-state index in [1.807, 2.05) is 0 Å². The van der Waals surface area contributed by atoms with Crippen LogP contribution in [0.1, 0.15) is 44.9 Å². The zero-order valence-electron chi connectivity index (χ0n) is 8.13. The van der Waals surface area contributed by atoms with E-state index >= 15 is 0 Å². The van der Waals surface area contributed by atoms with Gasteiger partial charge in [0.05, 0.1) is 5.60 Å². The van der Waals surface area contributed by atoms with Crippen LogP contribution >= 0.6 is 0 Å². The van der Waals surface area contributed by atoms with Gasteiger partial charge in [0, 0.05) is 5.41 Å². The fourth-order valence-corrected chi connectivity index (χ4v) is 5.18.